The summed E-state index contributed by atoms with van der Waals surface area (Å²) in [5.74, 6) is 0. The predicted molar refractivity (Wildman–Crippen MR) is 103 cm³/mol. The lowest BCUT2D eigenvalue weighted by Gasteiger charge is -2.32. The molecule has 0 saturated carbocycles. The second-order valence-electron chi connectivity index (χ2n) is 8.40. The SMILES string of the molecule is CC1CCCCN1/[N+]([O-])=N/OCc1ccccc1B1OC(C)(C)C(C)(C)O1. The third-order valence-electron chi connectivity index (χ3n) is 5.90. The molecule has 2 aliphatic rings. The normalized spacial score (nSPS) is 24.9. The maximum atomic E-state index is 12.2. The molecule has 148 valence electrons. The van der Waals surface area contributed by atoms with E-state index in [0.717, 1.165) is 30.3 Å². The quantitative estimate of drug-likeness (QED) is 0.342. The zero-order valence-corrected chi connectivity index (χ0v) is 17.0. The monoisotopic (exact) mass is 375 g/mol. The molecule has 2 heterocycles. The van der Waals surface area contributed by atoms with Crippen molar-refractivity contribution in [2.24, 2.45) is 5.28 Å². The van der Waals surface area contributed by atoms with Crippen molar-refractivity contribution in [3.05, 3.63) is 35.0 Å². The maximum Gasteiger partial charge on any atom is 0.495 e. The van der Waals surface area contributed by atoms with E-state index >= 15 is 0 Å². The van der Waals surface area contributed by atoms with Gasteiger partial charge in [0.25, 0.3) is 0 Å². The summed E-state index contributed by atoms with van der Waals surface area (Å²) in [6.07, 6.45) is 3.15. The fraction of sp³-hybridized carbons (Fsp3) is 0.684. The van der Waals surface area contributed by atoms with E-state index < -0.39 is 18.3 Å². The summed E-state index contributed by atoms with van der Waals surface area (Å²) in [6.45, 7) is 11.0. The van der Waals surface area contributed by atoms with Crippen LogP contribution in [0.15, 0.2) is 29.5 Å². The Hall–Kier alpha value is -1.80. The molecule has 0 aromatic heterocycles. The summed E-state index contributed by atoms with van der Waals surface area (Å²) in [6, 6.07) is 7.95. The molecule has 2 fully saturated rings. The van der Waals surface area contributed by atoms with Gasteiger partial charge in [-0.25, -0.2) is 0 Å². The van der Waals surface area contributed by atoms with E-state index in [9.17, 15) is 5.21 Å². The van der Waals surface area contributed by atoms with Crippen molar-refractivity contribution < 1.29 is 19.1 Å². The lowest BCUT2D eigenvalue weighted by Crippen LogP contribution is -2.42. The average molecular weight is 375 g/mol. The van der Waals surface area contributed by atoms with Crippen LogP contribution >= 0.6 is 0 Å². The molecule has 0 N–H and O–H groups in total. The first kappa shape index (κ1) is 20.0. The highest BCUT2D eigenvalue weighted by molar-refractivity contribution is 6.62. The highest BCUT2D eigenvalue weighted by Gasteiger charge is 2.52. The summed E-state index contributed by atoms with van der Waals surface area (Å²) in [4.78, 5) is 5.96. The van der Waals surface area contributed by atoms with Gasteiger partial charge in [0.2, 0.25) is 5.28 Å². The Morgan fingerprint density at radius 1 is 1.22 bits per heavy atom. The molecule has 8 heteroatoms. The summed E-state index contributed by atoms with van der Waals surface area (Å²) >= 11 is 0. The number of piperidine rings is 1. The van der Waals surface area contributed by atoms with Crippen LogP contribution in [0.25, 0.3) is 0 Å². The van der Waals surface area contributed by atoms with Crippen molar-refractivity contribution >= 4 is 12.6 Å². The van der Waals surface area contributed by atoms with Gasteiger partial charge in [0, 0.05) is 0 Å². The summed E-state index contributed by atoms with van der Waals surface area (Å²) in [5.41, 5.74) is 0.966. The van der Waals surface area contributed by atoms with Crippen LogP contribution in [0.2, 0.25) is 0 Å². The predicted octanol–water partition coefficient (Wildman–Crippen LogP) is 3.17. The van der Waals surface area contributed by atoms with Crippen molar-refractivity contribution in [1.29, 1.82) is 0 Å². The van der Waals surface area contributed by atoms with Crippen LogP contribution in [-0.4, -0.2) is 40.9 Å². The number of hydrogen-bond donors (Lipinski definition) is 0. The third kappa shape index (κ3) is 4.22. The van der Waals surface area contributed by atoms with Crippen molar-refractivity contribution in [3.63, 3.8) is 0 Å². The van der Waals surface area contributed by atoms with E-state index in [1.54, 1.807) is 5.01 Å². The van der Waals surface area contributed by atoms with Crippen LogP contribution in [0.1, 0.15) is 59.4 Å². The molecule has 3 rings (SSSR count). The molecule has 27 heavy (non-hydrogen) atoms. The van der Waals surface area contributed by atoms with Gasteiger partial charge in [0.1, 0.15) is 6.61 Å². The first-order chi connectivity index (χ1) is 12.7. The number of hydrogen-bond acceptors (Lipinski definition) is 5. The van der Waals surface area contributed by atoms with Gasteiger partial charge in [-0.3, -0.25) is 0 Å². The van der Waals surface area contributed by atoms with Crippen molar-refractivity contribution in [3.8, 4) is 0 Å². The Bertz CT molecular complexity index is 679. The van der Waals surface area contributed by atoms with Gasteiger partial charge in [0.15, 0.2) is 0 Å². The zero-order valence-electron chi connectivity index (χ0n) is 17.0. The molecule has 2 aliphatic heterocycles. The van der Waals surface area contributed by atoms with Crippen molar-refractivity contribution in [2.45, 2.75) is 77.7 Å². The number of hydrazine groups is 1. The lowest BCUT2D eigenvalue weighted by molar-refractivity contribution is -0.720. The van der Waals surface area contributed by atoms with Crippen LogP contribution in [0.5, 0.6) is 0 Å². The Kier molecular flexibility index (Phi) is 5.67. The van der Waals surface area contributed by atoms with Crippen LogP contribution in [0.3, 0.4) is 0 Å². The topological polar surface area (TPSA) is 69.4 Å². The molecule has 0 spiro atoms. The lowest BCUT2D eigenvalue weighted by atomic mass is 9.76. The fourth-order valence-electron chi connectivity index (χ4n) is 3.40. The van der Waals surface area contributed by atoms with E-state index in [2.05, 4.69) is 5.28 Å². The molecule has 1 atom stereocenters. The molecular formula is C19H30BN3O4. The minimum atomic E-state index is -0.472. The van der Waals surface area contributed by atoms with Gasteiger partial charge in [-0.05, 0) is 64.9 Å². The Morgan fingerprint density at radius 2 is 1.89 bits per heavy atom. The second kappa shape index (κ2) is 7.68. The fourth-order valence-corrected chi connectivity index (χ4v) is 3.40. The zero-order chi connectivity index (χ0) is 19.7. The minimum absolute atomic E-state index is 0.181. The molecule has 0 radical (unpaired) electrons. The Labute approximate surface area is 161 Å². The summed E-state index contributed by atoms with van der Waals surface area (Å²) in [5, 5.41) is 17.7. The van der Waals surface area contributed by atoms with E-state index in [1.807, 2.05) is 58.9 Å². The molecule has 0 aliphatic carbocycles. The number of benzene rings is 1. The Morgan fingerprint density at radius 3 is 2.56 bits per heavy atom. The van der Waals surface area contributed by atoms with Gasteiger partial charge in [-0.2, -0.15) is 0 Å². The van der Waals surface area contributed by atoms with Crippen LogP contribution in [-0.2, 0) is 20.8 Å². The molecule has 1 aromatic carbocycles. The molecule has 1 unspecified atom stereocenters. The maximum absolute atomic E-state index is 12.2. The van der Waals surface area contributed by atoms with Crippen molar-refractivity contribution in [1.82, 2.24) is 5.01 Å². The summed E-state index contributed by atoms with van der Waals surface area (Å²) < 4.78 is 12.3. The molecule has 1 aromatic rings. The van der Waals surface area contributed by atoms with Gasteiger partial charge < -0.3 is 19.4 Å². The van der Waals surface area contributed by atoms with Gasteiger partial charge in [-0.1, -0.05) is 24.3 Å². The van der Waals surface area contributed by atoms with E-state index in [0.29, 0.717) is 11.5 Å². The van der Waals surface area contributed by atoms with Crippen LogP contribution in [0, 0.1) is 5.21 Å². The van der Waals surface area contributed by atoms with Crippen molar-refractivity contribution in [2.75, 3.05) is 6.54 Å². The van der Waals surface area contributed by atoms with E-state index in [4.69, 9.17) is 14.1 Å². The third-order valence-corrected chi connectivity index (χ3v) is 5.90. The molecular weight excluding hydrogens is 345 g/mol. The highest BCUT2D eigenvalue weighted by atomic mass is 16.7. The summed E-state index contributed by atoms with van der Waals surface area (Å²) in [7, 11) is -0.472. The van der Waals surface area contributed by atoms with Gasteiger partial charge in [0.05, 0.1) is 28.8 Å². The van der Waals surface area contributed by atoms with Gasteiger partial charge in [-0.15, -0.1) is 5.01 Å². The van der Waals surface area contributed by atoms with E-state index in [1.165, 1.54) is 0 Å². The largest absolute Gasteiger partial charge is 0.569 e. The van der Waals surface area contributed by atoms with Gasteiger partial charge >= 0.3 is 7.12 Å². The minimum Gasteiger partial charge on any atom is -0.569 e. The Balaban J connectivity index is 1.68. The smallest absolute Gasteiger partial charge is 0.495 e. The second-order valence-corrected chi connectivity index (χ2v) is 8.40. The number of rotatable bonds is 5. The highest BCUT2D eigenvalue weighted by Crippen LogP contribution is 2.36. The molecule has 0 bridgehead atoms. The van der Waals surface area contributed by atoms with E-state index in [-0.39, 0.29) is 12.6 Å². The number of nitrogens with zero attached hydrogens (tertiary/aromatic N) is 3. The average Bonchev–Trinajstić information content (AvgIpc) is 2.83. The molecule has 2 saturated heterocycles. The van der Waals surface area contributed by atoms with Crippen LogP contribution < -0.4 is 5.46 Å². The first-order valence-corrected chi connectivity index (χ1v) is 9.71. The first-order valence-electron chi connectivity index (χ1n) is 9.71. The van der Waals surface area contributed by atoms with Crippen LogP contribution in [0.4, 0.5) is 0 Å². The molecule has 7 nitrogen and oxygen atoms in total. The molecule has 0 amide bonds. The standard InChI is InChI=1S/C19H30BN3O4/c1-15-10-8-9-13-22(15)23(24)21-25-14-16-11-6-7-12-17(16)20-26-18(2,3)19(4,5)27-20/h6-7,11-12,15H,8-10,13-14H2,1-5H3/b23-21-.